The Hall–Kier alpha value is -0.0800. The molecule has 0 aliphatic rings. The Labute approximate surface area is 69.2 Å². The summed E-state index contributed by atoms with van der Waals surface area (Å²) in [6.07, 6.45) is 3.26. The summed E-state index contributed by atoms with van der Waals surface area (Å²) in [6.45, 7) is 4.66. The molecule has 0 radical (unpaired) electrons. The largest absolute Gasteiger partial charge is 0.396 e. The molecule has 11 heavy (non-hydrogen) atoms. The van der Waals surface area contributed by atoms with Gasteiger partial charge in [0.25, 0.3) is 0 Å². The zero-order chi connectivity index (χ0) is 8.69. The van der Waals surface area contributed by atoms with Crippen molar-refractivity contribution in [3.8, 4) is 0 Å². The van der Waals surface area contributed by atoms with Gasteiger partial charge in [0.05, 0.1) is 0 Å². The maximum atomic E-state index is 8.71. The maximum Gasteiger partial charge on any atom is 0.0456 e. The van der Waals surface area contributed by atoms with Crippen LogP contribution in [0.25, 0.3) is 0 Å². The van der Waals surface area contributed by atoms with Crippen LogP contribution in [0.5, 0.6) is 0 Å². The number of aliphatic hydroxyl groups excluding tert-OH is 2. The van der Waals surface area contributed by atoms with E-state index in [0.717, 1.165) is 19.3 Å². The van der Waals surface area contributed by atoms with Crippen molar-refractivity contribution in [1.82, 2.24) is 0 Å². The van der Waals surface area contributed by atoms with E-state index in [9.17, 15) is 0 Å². The standard InChI is InChI=1S/C9H20O2/c1-8(6-10)4-3-5-9(2)7-11/h8-11H,3-7H2,1-2H3. The molecule has 0 aliphatic carbocycles. The quantitative estimate of drug-likeness (QED) is 0.617. The minimum absolute atomic E-state index is 0.285. The van der Waals surface area contributed by atoms with Crippen molar-refractivity contribution in [3.05, 3.63) is 0 Å². The Morgan fingerprint density at radius 1 is 0.909 bits per heavy atom. The molecule has 0 aromatic heterocycles. The topological polar surface area (TPSA) is 40.5 Å². The van der Waals surface area contributed by atoms with Gasteiger partial charge in [0.15, 0.2) is 0 Å². The summed E-state index contributed by atoms with van der Waals surface area (Å²) < 4.78 is 0. The molecule has 0 aromatic carbocycles. The van der Waals surface area contributed by atoms with Crippen LogP contribution in [-0.4, -0.2) is 23.4 Å². The van der Waals surface area contributed by atoms with Crippen molar-refractivity contribution in [2.24, 2.45) is 11.8 Å². The van der Waals surface area contributed by atoms with Crippen LogP contribution >= 0.6 is 0 Å². The molecule has 0 aromatic rings. The maximum absolute atomic E-state index is 8.71. The molecule has 0 amide bonds. The third kappa shape index (κ3) is 6.32. The molecule has 0 aliphatic heterocycles. The molecule has 2 nitrogen and oxygen atoms in total. The van der Waals surface area contributed by atoms with E-state index in [-0.39, 0.29) is 13.2 Å². The SMILES string of the molecule is CC(CO)CCCC(C)CO. The second-order valence-corrected chi connectivity index (χ2v) is 3.51. The monoisotopic (exact) mass is 160 g/mol. The van der Waals surface area contributed by atoms with Crippen LogP contribution in [0, 0.1) is 11.8 Å². The zero-order valence-corrected chi connectivity index (χ0v) is 7.58. The van der Waals surface area contributed by atoms with Crippen LogP contribution in [0.1, 0.15) is 33.1 Å². The first kappa shape index (κ1) is 10.9. The Bertz CT molecular complexity index is 73.6. The van der Waals surface area contributed by atoms with Crippen LogP contribution in [0.3, 0.4) is 0 Å². The molecule has 2 heteroatoms. The van der Waals surface area contributed by atoms with Crippen LogP contribution < -0.4 is 0 Å². The Morgan fingerprint density at radius 2 is 1.27 bits per heavy atom. The van der Waals surface area contributed by atoms with Gasteiger partial charge in [-0.15, -0.1) is 0 Å². The molecular formula is C9H20O2. The smallest absolute Gasteiger partial charge is 0.0456 e. The van der Waals surface area contributed by atoms with Gasteiger partial charge in [0.2, 0.25) is 0 Å². The van der Waals surface area contributed by atoms with Gasteiger partial charge in [-0.25, -0.2) is 0 Å². The average molecular weight is 160 g/mol. The predicted molar refractivity (Wildman–Crippen MR) is 46.4 cm³/mol. The van der Waals surface area contributed by atoms with Crippen LogP contribution in [0.4, 0.5) is 0 Å². The molecule has 2 atom stereocenters. The fourth-order valence-electron chi connectivity index (χ4n) is 0.997. The summed E-state index contributed by atoms with van der Waals surface area (Å²) in [5.74, 6) is 0.835. The molecule has 2 unspecified atom stereocenters. The molecule has 0 fully saturated rings. The number of hydrogen-bond donors (Lipinski definition) is 2. The van der Waals surface area contributed by atoms with Gasteiger partial charge in [-0.2, -0.15) is 0 Å². The second-order valence-electron chi connectivity index (χ2n) is 3.51. The molecule has 0 spiro atoms. The lowest BCUT2D eigenvalue weighted by atomic mass is 10.00. The Kier molecular flexibility index (Phi) is 6.57. The van der Waals surface area contributed by atoms with E-state index in [0.29, 0.717) is 11.8 Å². The third-order valence-corrected chi connectivity index (χ3v) is 2.02. The predicted octanol–water partition coefficient (Wildman–Crippen LogP) is 1.41. The van der Waals surface area contributed by atoms with E-state index < -0.39 is 0 Å². The normalized spacial score (nSPS) is 16.4. The van der Waals surface area contributed by atoms with Crippen LogP contribution in [0.2, 0.25) is 0 Å². The van der Waals surface area contributed by atoms with Gasteiger partial charge in [-0.05, 0) is 24.7 Å². The summed E-state index contributed by atoms with van der Waals surface area (Å²) >= 11 is 0. The highest BCUT2D eigenvalue weighted by Gasteiger charge is 2.02. The van der Waals surface area contributed by atoms with E-state index in [4.69, 9.17) is 10.2 Å². The third-order valence-electron chi connectivity index (χ3n) is 2.02. The van der Waals surface area contributed by atoms with Crippen LogP contribution in [-0.2, 0) is 0 Å². The summed E-state index contributed by atoms with van der Waals surface area (Å²) in [4.78, 5) is 0. The average Bonchev–Trinajstić information content (AvgIpc) is 2.04. The molecule has 0 saturated carbocycles. The van der Waals surface area contributed by atoms with Gasteiger partial charge >= 0.3 is 0 Å². The lowest BCUT2D eigenvalue weighted by Gasteiger charge is -2.09. The molecule has 0 saturated heterocycles. The second kappa shape index (κ2) is 6.62. The Balaban J connectivity index is 3.13. The van der Waals surface area contributed by atoms with Crippen molar-refractivity contribution < 1.29 is 10.2 Å². The number of hydrogen-bond acceptors (Lipinski definition) is 2. The molecule has 0 heterocycles. The molecule has 0 rings (SSSR count). The lowest BCUT2D eigenvalue weighted by Crippen LogP contribution is -2.04. The summed E-state index contributed by atoms with van der Waals surface area (Å²) in [5, 5.41) is 17.4. The zero-order valence-electron chi connectivity index (χ0n) is 7.58. The lowest BCUT2D eigenvalue weighted by molar-refractivity contribution is 0.209. The summed E-state index contributed by atoms with van der Waals surface area (Å²) in [6, 6.07) is 0. The van der Waals surface area contributed by atoms with Gasteiger partial charge < -0.3 is 10.2 Å². The first-order valence-electron chi connectivity index (χ1n) is 4.42. The highest BCUT2D eigenvalue weighted by atomic mass is 16.3. The summed E-state index contributed by atoms with van der Waals surface area (Å²) in [7, 11) is 0. The summed E-state index contributed by atoms with van der Waals surface area (Å²) in [5.41, 5.74) is 0. The molecule has 0 bridgehead atoms. The van der Waals surface area contributed by atoms with Gasteiger partial charge in [-0.1, -0.05) is 20.3 Å². The highest BCUT2D eigenvalue weighted by molar-refractivity contribution is 4.54. The van der Waals surface area contributed by atoms with Crippen molar-refractivity contribution in [3.63, 3.8) is 0 Å². The first-order chi connectivity index (χ1) is 5.20. The fourth-order valence-corrected chi connectivity index (χ4v) is 0.997. The Morgan fingerprint density at radius 3 is 1.55 bits per heavy atom. The van der Waals surface area contributed by atoms with Gasteiger partial charge in [0.1, 0.15) is 0 Å². The molecular weight excluding hydrogens is 140 g/mol. The van der Waals surface area contributed by atoms with Crippen molar-refractivity contribution in [2.75, 3.05) is 13.2 Å². The molecule has 68 valence electrons. The van der Waals surface area contributed by atoms with Crippen molar-refractivity contribution >= 4 is 0 Å². The first-order valence-corrected chi connectivity index (χ1v) is 4.42. The fraction of sp³-hybridized carbons (Fsp3) is 1.00. The van der Waals surface area contributed by atoms with Crippen molar-refractivity contribution in [1.29, 1.82) is 0 Å². The van der Waals surface area contributed by atoms with Gasteiger partial charge in [-0.3, -0.25) is 0 Å². The van der Waals surface area contributed by atoms with E-state index in [1.165, 1.54) is 0 Å². The van der Waals surface area contributed by atoms with E-state index in [2.05, 4.69) is 0 Å². The van der Waals surface area contributed by atoms with E-state index >= 15 is 0 Å². The minimum Gasteiger partial charge on any atom is -0.396 e. The molecule has 2 N–H and O–H groups in total. The van der Waals surface area contributed by atoms with E-state index in [1.54, 1.807) is 0 Å². The van der Waals surface area contributed by atoms with Gasteiger partial charge in [0, 0.05) is 13.2 Å². The van der Waals surface area contributed by atoms with E-state index in [1.807, 2.05) is 13.8 Å². The van der Waals surface area contributed by atoms with Crippen molar-refractivity contribution in [2.45, 2.75) is 33.1 Å². The minimum atomic E-state index is 0.285. The highest BCUT2D eigenvalue weighted by Crippen LogP contribution is 2.11. The number of aliphatic hydroxyl groups is 2. The number of rotatable bonds is 6. The van der Waals surface area contributed by atoms with Crippen LogP contribution in [0.15, 0.2) is 0 Å².